The number of nitriles is 1. The first kappa shape index (κ1) is 12.0. The third-order valence-corrected chi connectivity index (χ3v) is 3.32. The standard InChI is InChI=1S/C13H18N4/c1-10-7-15-8-11(2)17(10)9-12-3-4-16-13(5-12)6-14/h3-5,10-11,15H,7-9H2,1-2H3. The number of rotatable bonds is 2. The monoisotopic (exact) mass is 230 g/mol. The molecular weight excluding hydrogens is 212 g/mol. The van der Waals surface area contributed by atoms with Crippen LogP contribution in [0.2, 0.25) is 0 Å². The van der Waals surface area contributed by atoms with Crippen molar-refractivity contribution < 1.29 is 0 Å². The first-order valence-electron chi connectivity index (χ1n) is 6.02. The van der Waals surface area contributed by atoms with E-state index in [9.17, 15) is 0 Å². The number of nitrogens with one attached hydrogen (secondary N) is 1. The molecule has 1 aliphatic heterocycles. The van der Waals surface area contributed by atoms with E-state index in [2.05, 4.69) is 35.1 Å². The fourth-order valence-corrected chi connectivity index (χ4v) is 2.33. The molecule has 0 radical (unpaired) electrons. The molecule has 4 heteroatoms. The highest BCUT2D eigenvalue weighted by Gasteiger charge is 2.24. The molecule has 2 heterocycles. The predicted molar refractivity (Wildman–Crippen MR) is 66.3 cm³/mol. The largest absolute Gasteiger partial charge is 0.314 e. The quantitative estimate of drug-likeness (QED) is 0.827. The van der Waals surface area contributed by atoms with Crippen molar-refractivity contribution in [3.63, 3.8) is 0 Å². The van der Waals surface area contributed by atoms with E-state index in [-0.39, 0.29) is 0 Å². The van der Waals surface area contributed by atoms with Crippen LogP contribution in [0.15, 0.2) is 18.3 Å². The molecule has 2 rings (SSSR count). The summed E-state index contributed by atoms with van der Waals surface area (Å²) in [4.78, 5) is 6.46. The summed E-state index contributed by atoms with van der Waals surface area (Å²) >= 11 is 0. The van der Waals surface area contributed by atoms with Crippen molar-refractivity contribution in [2.75, 3.05) is 13.1 Å². The minimum absolute atomic E-state index is 0.498. The Labute approximate surface area is 102 Å². The highest BCUT2D eigenvalue weighted by molar-refractivity contribution is 5.25. The fourth-order valence-electron chi connectivity index (χ4n) is 2.33. The molecule has 1 N–H and O–H groups in total. The lowest BCUT2D eigenvalue weighted by Crippen LogP contribution is -2.54. The van der Waals surface area contributed by atoms with Gasteiger partial charge in [-0.2, -0.15) is 5.26 Å². The molecule has 0 aliphatic carbocycles. The van der Waals surface area contributed by atoms with E-state index in [1.165, 1.54) is 0 Å². The van der Waals surface area contributed by atoms with Crippen LogP contribution in [-0.4, -0.2) is 35.1 Å². The summed E-state index contributed by atoms with van der Waals surface area (Å²) in [5, 5.41) is 12.3. The Balaban J connectivity index is 2.11. The van der Waals surface area contributed by atoms with E-state index < -0.39 is 0 Å². The third-order valence-electron chi connectivity index (χ3n) is 3.32. The van der Waals surface area contributed by atoms with Crippen molar-refractivity contribution in [1.29, 1.82) is 5.26 Å². The Kier molecular flexibility index (Phi) is 3.72. The second-order valence-electron chi connectivity index (χ2n) is 4.69. The molecule has 17 heavy (non-hydrogen) atoms. The van der Waals surface area contributed by atoms with Crippen molar-refractivity contribution in [2.45, 2.75) is 32.5 Å². The normalized spacial score (nSPS) is 25.5. The maximum atomic E-state index is 8.84. The average molecular weight is 230 g/mol. The van der Waals surface area contributed by atoms with E-state index in [1.807, 2.05) is 12.1 Å². The van der Waals surface area contributed by atoms with Gasteiger partial charge in [-0.1, -0.05) is 0 Å². The van der Waals surface area contributed by atoms with Crippen LogP contribution in [0.1, 0.15) is 25.1 Å². The zero-order valence-corrected chi connectivity index (χ0v) is 10.3. The van der Waals surface area contributed by atoms with Gasteiger partial charge in [-0.25, -0.2) is 4.98 Å². The van der Waals surface area contributed by atoms with Crippen LogP contribution < -0.4 is 5.32 Å². The number of hydrogen-bond donors (Lipinski definition) is 1. The Morgan fingerprint density at radius 2 is 2.18 bits per heavy atom. The van der Waals surface area contributed by atoms with E-state index in [4.69, 9.17) is 5.26 Å². The molecule has 2 atom stereocenters. The highest BCUT2D eigenvalue weighted by atomic mass is 15.2. The van der Waals surface area contributed by atoms with Gasteiger partial charge in [0.15, 0.2) is 0 Å². The van der Waals surface area contributed by atoms with E-state index >= 15 is 0 Å². The van der Waals surface area contributed by atoms with Gasteiger partial charge in [0.1, 0.15) is 11.8 Å². The molecule has 4 nitrogen and oxygen atoms in total. The Morgan fingerprint density at radius 1 is 1.47 bits per heavy atom. The predicted octanol–water partition coefficient (Wildman–Crippen LogP) is 1.14. The summed E-state index contributed by atoms with van der Waals surface area (Å²) in [6.07, 6.45) is 1.71. The summed E-state index contributed by atoms with van der Waals surface area (Å²) < 4.78 is 0. The molecule has 0 saturated carbocycles. The Morgan fingerprint density at radius 3 is 2.82 bits per heavy atom. The topological polar surface area (TPSA) is 52.0 Å². The van der Waals surface area contributed by atoms with Crippen molar-refractivity contribution in [1.82, 2.24) is 15.2 Å². The van der Waals surface area contributed by atoms with Gasteiger partial charge in [0, 0.05) is 37.9 Å². The molecule has 1 aromatic rings. The van der Waals surface area contributed by atoms with Gasteiger partial charge in [0.05, 0.1) is 0 Å². The van der Waals surface area contributed by atoms with Gasteiger partial charge in [0.2, 0.25) is 0 Å². The second kappa shape index (κ2) is 5.26. The molecule has 1 aliphatic rings. The summed E-state index contributed by atoms with van der Waals surface area (Å²) in [5.74, 6) is 0. The summed E-state index contributed by atoms with van der Waals surface area (Å²) in [5.41, 5.74) is 1.66. The summed E-state index contributed by atoms with van der Waals surface area (Å²) in [7, 11) is 0. The number of nitrogens with zero attached hydrogens (tertiary/aromatic N) is 3. The lowest BCUT2D eigenvalue weighted by atomic mass is 10.1. The molecule has 1 saturated heterocycles. The molecule has 0 amide bonds. The van der Waals surface area contributed by atoms with Crippen molar-refractivity contribution in [3.05, 3.63) is 29.6 Å². The molecule has 1 fully saturated rings. The molecule has 0 spiro atoms. The number of hydrogen-bond acceptors (Lipinski definition) is 4. The maximum Gasteiger partial charge on any atom is 0.140 e. The SMILES string of the molecule is CC1CNCC(C)N1Cc1ccnc(C#N)c1. The first-order chi connectivity index (χ1) is 8.20. The van der Waals surface area contributed by atoms with Gasteiger partial charge in [0.25, 0.3) is 0 Å². The Bertz CT molecular complexity index is 414. The molecule has 0 aromatic carbocycles. The lowest BCUT2D eigenvalue weighted by molar-refractivity contribution is 0.109. The van der Waals surface area contributed by atoms with Crippen molar-refractivity contribution in [2.24, 2.45) is 0 Å². The average Bonchev–Trinajstić information content (AvgIpc) is 2.34. The molecule has 1 aromatic heterocycles. The van der Waals surface area contributed by atoms with Gasteiger partial charge >= 0.3 is 0 Å². The van der Waals surface area contributed by atoms with Crippen LogP contribution >= 0.6 is 0 Å². The molecule has 0 bridgehead atoms. The second-order valence-corrected chi connectivity index (χ2v) is 4.69. The van der Waals surface area contributed by atoms with Gasteiger partial charge < -0.3 is 5.32 Å². The van der Waals surface area contributed by atoms with Gasteiger partial charge in [-0.15, -0.1) is 0 Å². The minimum Gasteiger partial charge on any atom is -0.314 e. The van der Waals surface area contributed by atoms with Gasteiger partial charge in [-0.3, -0.25) is 4.90 Å². The number of pyridine rings is 1. The van der Waals surface area contributed by atoms with Crippen LogP contribution in [0.4, 0.5) is 0 Å². The number of piperazine rings is 1. The highest BCUT2D eigenvalue weighted by Crippen LogP contribution is 2.14. The maximum absolute atomic E-state index is 8.84. The molecule has 90 valence electrons. The summed E-state index contributed by atoms with van der Waals surface area (Å²) in [6, 6.07) is 7.00. The van der Waals surface area contributed by atoms with Crippen LogP contribution in [0.25, 0.3) is 0 Å². The Hall–Kier alpha value is -1.44. The smallest absolute Gasteiger partial charge is 0.140 e. The third kappa shape index (κ3) is 2.82. The van der Waals surface area contributed by atoms with Crippen molar-refractivity contribution >= 4 is 0 Å². The zero-order chi connectivity index (χ0) is 12.3. The minimum atomic E-state index is 0.498. The van der Waals surface area contributed by atoms with Crippen LogP contribution in [0.5, 0.6) is 0 Å². The van der Waals surface area contributed by atoms with Crippen molar-refractivity contribution in [3.8, 4) is 6.07 Å². The molecular formula is C13H18N4. The first-order valence-corrected chi connectivity index (χ1v) is 6.02. The summed E-state index contributed by atoms with van der Waals surface area (Å²) in [6.45, 7) is 7.41. The number of aromatic nitrogens is 1. The molecule has 2 unspecified atom stereocenters. The lowest BCUT2D eigenvalue weighted by Gasteiger charge is -2.39. The van der Waals surface area contributed by atoms with Gasteiger partial charge in [-0.05, 0) is 31.5 Å². The zero-order valence-electron chi connectivity index (χ0n) is 10.3. The van der Waals surface area contributed by atoms with E-state index in [0.717, 1.165) is 25.2 Å². The van der Waals surface area contributed by atoms with E-state index in [0.29, 0.717) is 17.8 Å². The van der Waals surface area contributed by atoms with Crippen LogP contribution in [-0.2, 0) is 6.54 Å². The van der Waals surface area contributed by atoms with Crippen LogP contribution in [0, 0.1) is 11.3 Å². The van der Waals surface area contributed by atoms with Crippen LogP contribution in [0.3, 0.4) is 0 Å². The van der Waals surface area contributed by atoms with E-state index in [1.54, 1.807) is 6.20 Å². The fraction of sp³-hybridized carbons (Fsp3) is 0.538.